The number of nitrogens with two attached hydrogens (primary N) is 1. The molecule has 5 heteroatoms. The third-order valence-electron chi connectivity index (χ3n) is 2.36. The summed E-state index contributed by atoms with van der Waals surface area (Å²) in [4.78, 5) is 11.9. The van der Waals surface area contributed by atoms with E-state index in [2.05, 4.69) is 0 Å². The van der Waals surface area contributed by atoms with Crippen LogP contribution in [0.25, 0.3) is 0 Å². The van der Waals surface area contributed by atoms with Crippen LogP contribution >= 0.6 is 0 Å². The first-order valence-corrected chi connectivity index (χ1v) is 6.59. The van der Waals surface area contributed by atoms with Crippen LogP contribution in [0.4, 0.5) is 0 Å². The van der Waals surface area contributed by atoms with Gasteiger partial charge >= 0.3 is 0 Å². The Labute approximate surface area is 95.5 Å². The Kier molecular flexibility index (Phi) is 3.83. The van der Waals surface area contributed by atoms with E-state index in [-0.39, 0.29) is 6.42 Å². The Hall–Kier alpha value is -1.20. The van der Waals surface area contributed by atoms with Gasteiger partial charge in [-0.2, -0.15) is 0 Å². The summed E-state index contributed by atoms with van der Waals surface area (Å²) in [7, 11) is -3.82. The van der Waals surface area contributed by atoms with Gasteiger partial charge in [-0.25, -0.2) is 13.6 Å². The molecule has 1 unspecified atom stereocenters. The highest BCUT2D eigenvalue weighted by Gasteiger charge is 2.28. The first kappa shape index (κ1) is 12.9. The van der Waals surface area contributed by atoms with Gasteiger partial charge in [0.05, 0.1) is 0 Å². The number of carbonyl (C=O) groups excluding carboxylic acids is 1. The monoisotopic (exact) mass is 241 g/mol. The number of carbonyl (C=O) groups is 1. The fourth-order valence-corrected chi connectivity index (χ4v) is 2.45. The maximum absolute atomic E-state index is 11.9. The summed E-state index contributed by atoms with van der Waals surface area (Å²) >= 11 is 0. The van der Waals surface area contributed by atoms with Crippen molar-refractivity contribution in [2.75, 3.05) is 0 Å². The van der Waals surface area contributed by atoms with Crippen molar-refractivity contribution < 1.29 is 13.2 Å². The molecule has 0 radical (unpaired) electrons. The third kappa shape index (κ3) is 2.90. The number of Topliss-reactive ketones (excluding diaryl/α,β-unsaturated/α-hetero) is 1. The maximum Gasteiger partial charge on any atom is 0.219 e. The molecule has 0 saturated carbocycles. The van der Waals surface area contributed by atoms with E-state index in [4.69, 9.17) is 5.14 Å². The molecule has 88 valence electrons. The number of primary sulfonamides is 1. The molecule has 0 amide bonds. The fourth-order valence-electron chi connectivity index (χ4n) is 1.55. The quantitative estimate of drug-likeness (QED) is 0.806. The number of sulfonamides is 1. The summed E-state index contributed by atoms with van der Waals surface area (Å²) < 4.78 is 22.4. The van der Waals surface area contributed by atoms with Gasteiger partial charge < -0.3 is 0 Å². The summed E-state index contributed by atoms with van der Waals surface area (Å²) in [6, 6.07) is 6.83. The Morgan fingerprint density at radius 3 is 2.50 bits per heavy atom. The number of benzene rings is 1. The van der Waals surface area contributed by atoms with Crippen LogP contribution in [0, 0.1) is 6.92 Å². The summed E-state index contributed by atoms with van der Waals surface area (Å²) in [5.74, 6) is -0.436. The zero-order chi connectivity index (χ0) is 12.3. The van der Waals surface area contributed by atoms with Crippen LogP contribution in [0.2, 0.25) is 0 Å². The average Bonchev–Trinajstić information content (AvgIpc) is 2.16. The van der Waals surface area contributed by atoms with Crippen LogP contribution in [0.3, 0.4) is 0 Å². The average molecular weight is 241 g/mol. The molecule has 0 aliphatic rings. The minimum Gasteiger partial charge on any atom is -0.293 e. The molecule has 2 N–H and O–H groups in total. The standard InChI is InChI=1S/C11H15NO3S/c1-3-10(16(12,14)15)11(13)9-6-4-5-8(2)7-9/h4-7,10H,3H2,1-2H3,(H2,12,14,15). The molecule has 0 heterocycles. The van der Waals surface area contributed by atoms with Gasteiger partial charge in [-0.05, 0) is 19.4 Å². The maximum atomic E-state index is 11.9. The van der Waals surface area contributed by atoms with E-state index < -0.39 is 21.1 Å². The molecule has 0 saturated heterocycles. The largest absolute Gasteiger partial charge is 0.293 e. The predicted molar refractivity (Wildman–Crippen MR) is 62.7 cm³/mol. The van der Waals surface area contributed by atoms with Crippen molar-refractivity contribution in [1.29, 1.82) is 0 Å². The lowest BCUT2D eigenvalue weighted by atomic mass is 10.0. The number of aryl methyl sites for hydroxylation is 1. The first-order chi connectivity index (χ1) is 7.36. The van der Waals surface area contributed by atoms with E-state index >= 15 is 0 Å². The van der Waals surface area contributed by atoms with Crippen LogP contribution in [-0.2, 0) is 10.0 Å². The molecule has 1 aromatic carbocycles. The molecule has 0 fully saturated rings. The van der Waals surface area contributed by atoms with Gasteiger partial charge in [-0.15, -0.1) is 0 Å². The molecule has 0 bridgehead atoms. The lowest BCUT2D eigenvalue weighted by molar-refractivity contribution is 0.0985. The van der Waals surface area contributed by atoms with Gasteiger partial charge in [0.1, 0.15) is 5.25 Å². The van der Waals surface area contributed by atoms with Crippen LogP contribution in [0.1, 0.15) is 29.3 Å². The highest BCUT2D eigenvalue weighted by atomic mass is 32.2. The van der Waals surface area contributed by atoms with E-state index in [0.717, 1.165) is 5.56 Å². The first-order valence-electron chi connectivity index (χ1n) is 4.98. The molecule has 1 atom stereocenters. The van der Waals surface area contributed by atoms with E-state index in [1.807, 2.05) is 13.0 Å². The molecular weight excluding hydrogens is 226 g/mol. The lowest BCUT2D eigenvalue weighted by Crippen LogP contribution is -2.35. The lowest BCUT2D eigenvalue weighted by Gasteiger charge is -2.11. The second kappa shape index (κ2) is 4.76. The summed E-state index contributed by atoms with van der Waals surface area (Å²) in [6.07, 6.45) is 0.186. The molecular formula is C11H15NO3S. The second-order valence-corrected chi connectivity index (χ2v) is 5.47. The highest BCUT2D eigenvalue weighted by Crippen LogP contribution is 2.13. The molecule has 0 aliphatic heterocycles. The Bertz CT molecular complexity index is 494. The number of ketones is 1. The molecule has 0 aromatic heterocycles. The van der Waals surface area contributed by atoms with Gasteiger partial charge in [0.15, 0.2) is 5.78 Å². The van der Waals surface area contributed by atoms with Gasteiger partial charge in [0.25, 0.3) is 0 Å². The summed E-state index contributed by atoms with van der Waals surface area (Å²) in [6.45, 7) is 3.47. The van der Waals surface area contributed by atoms with Gasteiger partial charge in [0, 0.05) is 5.56 Å². The van der Waals surface area contributed by atoms with Crippen molar-refractivity contribution in [2.45, 2.75) is 25.5 Å². The predicted octanol–water partition coefficient (Wildman–Crippen LogP) is 1.24. The SMILES string of the molecule is CCC(C(=O)c1cccc(C)c1)S(N)(=O)=O. The van der Waals surface area contributed by atoms with Crippen molar-refractivity contribution in [3.8, 4) is 0 Å². The Morgan fingerprint density at radius 1 is 1.44 bits per heavy atom. The van der Waals surface area contributed by atoms with Crippen molar-refractivity contribution in [3.05, 3.63) is 35.4 Å². The van der Waals surface area contributed by atoms with Crippen molar-refractivity contribution in [2.24, 2.45) is 5.14 Å². The molecule has 1 aromatic rings. The third-order valence-corrected chi connectivity index (χ3v) is 3.70. The molecule has 0 spiro atoms. The molecule has 4 nitrogen and oxygen atoms in total. The van der Waals surface area contributed by atoms with E-state index in [0.29, 0.717) is 5.56 Å². The van der Waals surface area contributed by atoms with E-state index in [9.17, 15) is 13.2 Å². The van der Waals surface area contributed by atoms with Crippen LogP contribution < -0.4 is 5.14 Å². The van der Waals surface area contributed by atoms with Crippen molar-refractivity contribution in [3.63, 3.8) is 0 Å². The number of hydrogen-bond acceptors (Lipinski definition) is 3. The van der Waals surface area contributed by atoms with Crippen LogP contribution in [0.15, 0.2) is 24.3 Å². The normalized spacial score (nSPS) is 13.4. The van der Waals surface area contributed by atoms with Crippen LogP contribution in [-0.4, -0.2) is 19.5 Å². The highest BCUT2D eigenvalue weighted by molar-refractivity contribution is 7.90. The minimum absolute atomic E-state index is 0.186. The zero-order valence-corrected chi connectivity index (χ0v) is 10.1. The molecule has 16 heavy (non-hydrogen) atoms. The summed E-state index contributed by atoms with van der Waals surface area (Å²) in [5.41, 5.74) is 1.30. The molecule has 1 rings (SSSR count). The van der Waals surface area contributed by atoms with Crippen molar-refractivity contribution in [1.82, 2.24) is 0 Å². The molecule has 0 aliphatic carbocycles. The van der Waals surface area contributed by atoms with Gasteiger partial charge in [0.2, 0.25) is 10.0 Å². The van der Waals surface area contributed by atoms with Gasteiger partial charge in [-0.3, -0.25) is 4.79 Å². The number of rotatable bonds is 4. The smallest absolute Gasteiger partial charge is 0.219 e. The number of hydrogen-bond donors (Lipinski definition) is 1. The van der Waals surface area contributed by atoms with Crippen LogP contribution in [0.5, 0.6) is 0 Å². The van der Waals surface area contributed by atoms with Gasteiger partial charge in [-0.1, -0.05) is 30.7 Å². The Morgan fingerprint density at radius 2 is 2.06 bits per heavy atom. The fraction of sp³-hybridized carbons (Fsp3) is 0.364. The van der Waals surface area contributed by atoms with E-state index in [1.54, 1.807) is 25.1 Å². The van der Waals surface area contributed by atoms with Crippen molar-refractivity contribution >= 4 is 15.8 Å². The minimum atomic E-state index is -3.82. The Balaban J connectivity index is 3.11. The van der Waals surface area contributed by atoms with E-state index in [1.165, 1.54) is 0 Å². The summed E-state index contributed by atoms with van der Waals surface area (Å²) in [5, 5.41) is 3.87. The second-order valence-electron chi connectivity index (χ2n) is 3.72. The topological polar surface area (TPSA) is 77.2 Å². The zero-order valence-electron chi connectivity index (χ0n) is 9.30.